The van der Waals surface area contributed by atoms with Gasteiger partial charge in [-0.2, -0.15) is 5.10 Å². The minimum absolute atomic E-state index is 0.101. The molecular weight excluding hydrogens is 384 g/mol. The Balaban J connectivity index is 1.41. The lowest BCUT2D eigenvalue weighted by Crippen LogP contribution is -2.36. The highest BCUT2D eigenvalue weighted by Gasteiger charge is 2.24. The van der Waals surface area contributed by atoms with E-state index in [9.17, 15) is 4.79 Å². The SMILES string of the molecule is O=C(NCC(c1ccccc1)N1CCCC1)c1cnn(Cc2ccccc2Cl)c1. The Labute approximate surface area is 176 Å². The van der Waals surface area contributed by atoms with Gasteiger partial charge in [0.25, 0.3) is 5.91 Å². The fourth-order valence-corrected chi connectivity index (χ4v) is 4.04. The topological polar surface area (TPSA) is 50.2 Å². The number of rotatable bonds is 7. The van der Waals surface area contributed by atoms with Gasteiger partial charge in [-0.15, -0.1) is 0 Å². The maximum Gasteiger partial charge on any atom is 0.254 e. The molecule has 0 spiro atoms. The molecule has 0 radical (unpaired) electrons. The van der Waals surface area contributed by atoms with Gasteiger partial charge < -0.3 is 5.32 Å². The predicted molar refractivity (Wildman–Crippen MR) is 115 cm³/mol. The van der Waals surface area contributed by atoms with Gasteiger partial charge in [-0.1, -0.05) is 60.1 Å². The number of nitrogens with one attached hydrogen (secondary N) is 1. The van der Waals surface area contributed by atoms with E-state index in [1.54, 1.807) is 17.1 Å². The van der Waals surface area contributed by atoms with Crippen molar-refractivity contribution in [3.05, 3.63) is 88.7 Å². The van der Waals surface area contributed by atoms with Crippen LogP contribution in [-0.4, -0.2) is 40.2 Å². The summed E-state index contributed by atoms with van der Waals surface area (Å²) in [6, 6.07) is 18.3. The molecule has 5 nitrogen and oxygen atoms in total. The zero-order valence-electron chi connectivity index (χ0n) is 16.3. The van der Waals surface area contributed by atoms with E-state index in [1.807, 2.05) is 30.3 Å². The molecule has 1 fully saturated rings. The van der Waals surface area contributed by atoms with E-state index in [0.717, 1.165) is 18.7 Å². The van der Waals surface area contributed by atoms with Gasteiger partial charge in [0.1, 0.15) is 0 Å². The maximum absolute atomic E-state index is 12.7. The van der Waals surface area contributed by atoms with Gasteiger partial charge in [0.05, 0.1) is 24.3 Å². The average molecular weight is 409 g/mol. The molecule has 1 saturated heterocycles. The van der Waals surface area contributed by atoms with Crippen LogP contribution in [0, 0.1) is 0 Å². The van der Waals surface area contributed by atoms with Crippen LogP contribution < -0.4 is 5.32 Å². The van der Waals surface area contributed by atoms with Crippen LogP contribution in [0.3, 0.4) is 0 Å². The minimum atomic E-state index is -0.101. The number of benzene rings is 2. The van der Waals surface area contributed by atoms with E-state index >= 15 is 0 Å². The molecule has 1 atom stereocenters. The van der Waals surface area contributed by atoms with Crippen LogP contribution in [-0.2, 0) is 6.54 Å². The Bertz CT molecular complexity index is 950. The first-order chi connectivity index (χ1) is 14.2. The second-order valence-corrected chi connectivity index (χ2v) is 7.80. The summed E-state index contributed by atoms with van der Waals surface area (Å²) in [7, 11) is 0. The van der Waals surface area contributed by atoms with E-state index in [2.05, 4.69) is 39.6 Å². The zero-order valence-corrected chi connectivity index (χ0v) is 17.1. The lowest BCUT2D eigenvalue weighted by Gasteiger charge is -2.28. The fourth-order valence-electron chi connectivity index (χ4n) is 3.85. The summed E-state index contributed by atoms with van der Waals surface area (Å²) < 4.78 is 1.74. The second kappa shape index (κ2) is 9.25. The van der Waals surface area contributed by atoms with Crippen LogP contribution in [0.25, 0.3) is 0 Å². The number of aromatic nitrogens is 2. The monoisotopic (exact) mass is 408 g/mol. The molecular formula is C23H25ClN4O. The third-order valence-corrected chi connectivity index (χ3v) is 5.78. The number of carbonyl (C=O) groups is 1. The van der Waals surface area contributed by atoms with Gasteiger partial charge in [0, 0.05) is 17.8 Å². The van der Waals surface area contributed by atoms with Crippen molar-refractivity contribution in [2.24, 2.45) is 0 Å². The molecule has 0 bridgehead atoms. The van der Waals surface area contributed by atoms with Crippen molar-refractivity contribution in [1.29, 1.82) is 0 Å². The number of amides is 1. The van der Waals surface area contributed by atoms with E-state index in [-0.39, 0.29) is 11.9 Å². The lowest BCUT2D eigenvalue weighted by molar-refractivity contribution is 0.0938. The maximum atomic E-state index is 12.7. The van der Waals surface area contributed by atoms with Crippen LogP contribution in [0.4, 0.5) is 0 Å². The van der Waals surface area contributed by atoms with Crippen LogP contribution in [0.15, 0.2) is 67.0 Å². The van der Waals surface area contributed by atoms with Gasteiger partial charge in [0.2, 0.25) is 0 Å². The molecule has 1 unspecified atom stereocenters. The molecule has 0 saturated carbocycles. The van der Waals surface area contributed by atoms with Gasteiger partial charge in [0.15, 0.2) is 0 Å². The second-order valence-electron chi connectivity index (χ2n) is 7.40. The first-order valence-corrected chi connectivity index (χ1v) is 10.4. The van der Waals surface area contributed by atoms with Gasteiger partial charge >= 0.3 is 0 Å². The van der Waals surface area contributed by atoms with Crippen molar-refractivity contribution >= 4 is 17.5 Å². The molecule has 4 rings (SSSR count). The van der Waals surface area contributed by atoms with Crippen LogP contribution in [0.5, 0.6) is 0 Å². The summed E-state index contributed by atoms with van der Waals surface area (Å²) in [6.07, 6.45) is 5.81. The van der Waals surface area contributed by atoms with Gasteiger partial charge in [-0.25, -0.2) is 0 Å². The van der Waals surface area contributed by atoms with Gasteiger partial charge in [-0.3, -0.25) is 14.4 Å². The molecule has 6 heteroatoms. The molecule has 1 N–H and O–H groups in total. The molecule has 2 aromatic carbocycles. The van der Waals surface area contributed by atoms with Crippen LogP contribution >= 0.6 is 11.6 Å². The number of hydrogen-bond donors (Lipinski definition) is 1. The van der Waals surface area contributed by atoms with Crippen molar-refractivity contribution in [2.45, 2.75) is 25.4 Å². The molecule has 1 aromatic heterocycles. The summed E-state index contributed by atoms with van der Waals surface area (Å²) in [6.45, 7) is 3.27. The molecule has 2 heterocycles. The number of carbonyl (C=O) groups excluding carboxylic acids is 1. The van der Waals surface area contributed by atoms with Crippen molar-refractivity contribution in [3.8, 4) is 0 Å². The van der Waals surface area contributed by atoms with Crippen LogP contribution in [0.1, 0.15) is 40.4 Å². The zero-order chi connectivity index (χ0) is 20.1. The summed E-state index contributed by atoms with van der Waals surface area (Å²) in [4.78, 5) is 15.2. The molecule has 3 aromatic rings. The first kappa shape index (κ1) is 19.7. The van der Waals surface area contributed by atoms with Crippen LogP contribution in [0.2, 0.25) is 5.02 Å². The molecule has 29 heavy (non-hydrogen) atoms. The molecule has 0 aliphatic carbocycles. The minimum Gasteiger partial charge on any atom is -0.350 e. The van der Waals surface area contributed by atoms with Crippen molar-refractivity contribution in [2.75, 3.05) is 19.6 Å². The Morgan fingerprint density at radius 3 is 2.55 bits per heavy atom. The quantitative estimate of drug-likeness (QED) is 0.638. The van der Waals surface area contributed by atoms with E-state index in [0.29, 0.717) is 23.7 Å². The summed E-state index contributed by atoms with van der Waals surface area (Å²) >= 11 is 6.22. The highest BCUT2D eigenvalue weighted by atomic mass is 35.5. The Kier molecular flexibility index (Phi) is 6.27. The van der Waals surface area contributed by atoms with Crippen molar-refractivity contribution < 1.29 is 4.79 Å². The fraction of sp³-hybridized carbons (Fsp3) is 0.304. The molecule has 1 aliphatic heterocycles. The van der Waals surface area contributed by atoms with E-state index < -0.39 is 0 Å². The first-order valence-electron chi connectivity index (χ1n) is 10.0. The van der Waals surface area contributed by atoms with Crippen molar-refractivity contribution in [3.63, 3.8) is 0 Å². The Morgan fingerprint density at radius 2 is 1.79 bits per heavy atom. The third kappa shape index (κ3) is 4.86. The lowest BCUT2D eigenvalue weighted by atomic mass is 10.1. The smallest absolute Gasteiger partial charge is 0.254 e. The molecule has 1 amide bonds. The summed E-state index contributed by atoms with van der Waals surface area (Å²) in [5.74, 6) is -0.101. The largest absolute Gasteiger partial charge is 0.350 e. The molecule has 150 valence electrons. The number of halogens is 1. The number of nitrogens with zero attached hydrogens (tertiary/aromatic N) is 3. The van der Waals surface area contributed by atoms with E-state index in [4.69, 9.17) is 11.6 Å². The number of hydrogen-bond acceptors (Lipinski definition) is 3. The highest BCUT2D eigenvalue weighted by molar-refractivity contribution is 6.31. The normalized spacial score (nSPS) is 15.3. The molecule has 1 aliphatic rings. The number of likely N-dealkylation sites (tertiary alicyclic amines) is 1. The van der Waals surface area contributed by atoms with Gasteiger partial charge in [-0.05, 0) is 43.1 Å². The average Bonchev–Trinajstić information content (AvgIpc) is 3.43. The predicted octanol–water partition coefficient (Wildman–Crippen LogP) is 4.15. The highest BCUT2D eigenvalue weighted by Crippen LogP contribution is 2.24. The van der Waals surface area contributed by atoms with E-state index in [1.165, 1.54) is 18.4 Å². The summed E-state index contributed by atoms with van der Waals surface area (Å²) in [5.41, 5.74) is 2.77. The Morgan fingerprint density at radius 1 is 1.07 bits per heavy atom. The Hall–Kier alpha value is -2.63. The van der Waals surface area contributed by atoms with Crippen molar-refractivity contribution in [1.82, 2.24) is 20.0 Å². The summed E-state index contributed by atoms with van der Waals surface area (Å²) in [5, 5.41) is 8.13. The third-order valence-electron chi connectivity index (χ3n) is 5.41. The standard InChI is InChI=1S/C23H25ClN4O/c24-21-11-5-4-10-19(21)16-28-17-20(14-26-28)23(29)25-15-22(27-12-6-7-13-27)18-8-2-1-3-9-18/h1-5,8-11,14,17,22H,6-7,12-13,15-16H2,(H,25,29).